The molecule has 1 aliphatic rings. The summed E-state index contributed by atoms with van der Waals surface area (Å²) in [6, 6.07) is 3.12. The summed E-state index contributed by atoms with van der Waals surface area (Å²) in [6.07, 6.45) is 2.74. The van der Waals surface area contributed by atoms with Gasteiger partial charge in [-0.1, -0.05) is 0 Å². The third kappa shape index (κ3) is 3.30. The summed E-state index contributed by atoms with van der Waals surface area (Å²) >= 11 is 0. The van der Waals surface area contributed by atoms with E-state index in [0.29, 0.717) is 17.1 Å². The predicted molar refractivity (Wildman–Crippen MR) is 80.2 cm³/mol. The highest BCUT2D eigenvalue weighted by Gasteiger charge is 2.34. The van der Waals surface area contributed by atoms with Crippen LogP contribution in [0.15, 0.2) is 17.0 Å². The Balaban J connectivity index is 2.26. The molecule has 6 nitrogen and oxygen atoms in total. The van der Waals surface area contributed by atoms with Crippen molar-refractivity contribution in [3.8, 4) is 11.5 Å². The van der Waals surface area contributed by atoms with E-state index in [2.05, 4.69) is 4.72 Å². The second kappa shape index (κ2) is 5.82. The summed E-state index contributed by atoms with van der Waals surface area (Å²) in [5.41, 5.74) is 6.25. The Kier molecular flexibility index (Phi) is 4.46. The van der Waals surface area contributed by atoms with Crippen LogP contribution in [0.3, 0.4) is 0 Å². The van der Waals surface area contributed by atoms with E-state index < -0.39 is 15.6 Å². The van der Waals surface area contributed by atoms with Crippen LogP contribution in [0.25, 0.3) is 0 Å². The molecule has 0 radical (unpaired) electrons. The molecule has 1 saturated carbocycles. The van der Waals surface area contributed by atoms with Gasteiger partial charge in [0.1, 0.15) is 0 Å². The number of sulfonamides is 1. The van der Waals surface area contributed by atoms with Gasteiger partial charge in [0.15, 0.2) is 11.5 Å². The standard InChI is InChI=1S/C14H22N2O4S/c1-10-7-11(19-2)12(20-3)8-13(10)21(17,18)16-9-14(15)5-4-6-14/h7-8,16H,4-6,9,15H2,1-3H3. The van der Waals surface area contributed by atoms with Crippen LogP contribution in [0.2, 0.25) is 0 Å². The van der Waals surface area contributed by atoms with Crippen LogP contribution < -0.4 is 19.9 Å². The molecule has 0 aliphatic heterocycles. The molecule has 7 heteroatoms. The summed E-state index contributed by atoms with van der Waals surface area (Å²) in [5, 5.41) is 0. The first kappa shape index (κ1) is 16.1. The molecule has 21 heavy (non-hydrogen) atoms. The zero-order valence-corrected chi connectivity index (χ0v) is 13.4. The molecule has 118 valence electrons. The van der Waals surface area contributed by atoms with Crippen molar-refractivity contribution < 1.29 is 17.9 Å². The number of ether oxygens (including phenoxy) is 2. The van der Waals surface area contributed by atoms with E-state index in [-0.39, 0.29) is 11.4 Å². The number of nitrogens with one attached hydrogen (secondary N) is 1. The van der Waals surface area contributed by atoms with Gasteiger partial charge in [-0.2, -0.15) is 0 Å². The van der Waals surface area contributed by atoms with Crippen LogP contribution in [0, 0.1) is 6.92 Å². The molecule has 2 rings (SSSR count). The second-order valence-electron chi connectivity index (χ2n) is 5.51. The monoisotopic (exact) mass is 314 g/mol. The Morgan fingerprint density at radius 2 is 1.81 bits per heavy atom. The molecule has 1 fully saturated rings. The number of rotatable bonds is 6. The first-order chi connectivity index (χ1) is 9.81. The van der Waals surface area contributed by atoms with Crippen molar-refractivity contribution in [1.29, 1.82) is 0 Å². The first-order valence-corrected chi connectivity index (χ1v) is 8.31. The second-order valence-corrected chi connectivity index (χ2v) is 7.25. The van der Waals surface area contributed by atoms with Gasteiger partial charge in [-0.25, -0.2) is 13.1 Å². The molecule has 3 N–H and O–H groups in total. The number of hydrogen-bond donors (Lipinski definition) is 2. The lowest BCUT2D eigenvalue weighted by molar-refractivity contribution is 0.251. The molecule has 0 unspecified atom stereocenters. The van der Waals surface area contributed by atoms with E-state index in [9.17, 15) is 8.42 Å². The Bertz CT molecular complexity index is 624. The summed E-state index contributed by atoms with van der Waals surface area (Å²) in [5.74, 6) is 0.887. The van der Waals surface area contributed by atoms with E-state index in [4.69, 9.17) is 15.2 Å². The minimum atomic E-state index is -3.62. The van der Waals surface area contributed by atoms with Crippen molar-refractivity contribution in [3.05, 3.63) is 17.7 Å². The highest BCUT2D eigenvalue weighted by atomic mass is 32.2. The van der Waals surface area contributed by atoms with E-state index in [1.54, 1.807) is 13.0 Å². The predicted octanol–water partition coefficient (Wildman–Crippen LogP) is 1.17. The van der Waals surface area contributed by atoms with Crippen LogP contribution in [0.1, 0.15) is 24.8 Å². The molecular formula is C14H22N2O4S. The zero-order valence-electron chi connectivity index (χ0n) is 12.6. The third-order valence-electron chi connectivity index (χ3n) is 3.93. The molecule has 0 saturated heterocycles. The Hall–Kier alpha value is -1.31. The molecule has 0 spiro atoms. The summed E-state index contributed by atoms with van der Waals surface area (Å²) < 4.78 is 37.8. The molecule has 0 atom stereocenters. The van der Waals surface area contributed by atoms with Crippen molar-refractivity contribution in [2.45, 2.75) is 36.6 Å². The van der Waals surface area contributed by atoms with Gasteiger partial charge in [-0.15, -0.1) is 0 Å². The van der Waals surface area contributed by atoms with Crippen molar-refractivity contribution in [2.75, 3.05) is 20.8 Å². The van der Waals surface area contributed by atoms with Crippen LogP contribution in [0.4, 0.5) is 0 Å². The molecule has 0 aromatic heterocycles. The zero-order chi connectivity index (χ0) is 15.7. The Morgan fingerprint density at radius 3 is 2.29 bits per heavy atom. The average Bonchev–Trinajstić information content (AvgIpc) is 2.42. The van der Waals surface area contributed by atoms with Gasteiger partial charge < -0.3 is 15.2 Å². The number of nitrogens with two attached hydrogens (primary N) is 1. The van der Waals surface area contributed by atoms with E-state index >= 15 is 0 Å². The molecular weight excluding hydrogens is 292 g/mol. The van der Waals surface area contributed by atoms with E-state index in [1.807, 2.05) is 0 Å². The fourth-order valence-corrected chi connectivity index (χ4v) is 3.75. The first-order valence-electron chi connectivity index (χ1n) is 6.82. The maximum Gasteiger partial charge on any atom is 0.241 e. The van der Waals surface area contributed by atoms with Crippen molar-refractivity contribution in [2.24, 2.45) is 5.73 Å². The fraction of sp³-hybridized carbons (Fsp3) is 0.571. The fourth-order valence-electron chi connectivity index (χ4n) is 2.38. The molecule has 0 amide bonds. The minimum Gasteiger partial charge on any atom is -0.493 e. The molecule has 1 aliphatic carbocycles. The maximum atomic E-state index is 12.4. The van der Waals surface area contributed by atoms with Crippen LogP contribution in [-0.2, 0) is 10.0 Å². The number of hydrogen-bond acceptors (Lipinski definition) is 5. The number of aryl methyl sites for hydroxylation is 1. The molecule has 0 bridgehead atoms. The third-order valence-corrected chi connectivity index (χ3v) is 5.48. The lowest BCUT2D eigenvalue weighted by atomic mass is 9.78. The molecule has 0 heterocycles. The topological polar surface area (TPSA) is 90.7 Å². The minimum absolute atomic E-state index is 0.183. The van der Waals surface area contributed by atoms with Gasteiger partial charge in [0.2, 0.25) is 10.0 Å². The van der Waals surface area contributed by atoms with Gasteiger partial charge in [0.25, 0.3) is 0 Å². The molecule has 1 aromatic carbocycles. The van der Waals surface area contributed by atoms with Crippen LogP contribution in [-0.4, -0.2) is 34.7 Å². The van der Waals surface area contributed by atoms with Gasteiger partial charge in [0.05, 0.1) is 19.1 Å². The van der Waals surface area contributed by atoms with Crippen molar-refractivity contribution in [1.82, 2.24) is 4.72 Å². The lowest BCUT2D eigenvalue weighted by Gasteiger charge is -2.38. The van der Waals surface area contributed by atoms with Gasteiger partial charge >= 0.3 is 0 Å². The smallest absolute Gasteiger partial charge is 0.241 e. The lowest BCUT2D eigenvalue weighted by Crippen LogP contribution is -2.54. The van der Waals surface area contributed by atoms with Crippen molar-refractivity contribution in [3.63, 3.8) is 0 Å². The summed E-state index contributed by atoms with van der Waals surface area (Å²) in [4.78, 5) is 0.183. The maximum absolute atomic E-state index is 12.4. The normalized spacial score (nSPS) is 17.1. The Morgan fingerprint density at radius 1 is 1.24 bits per heavy atom. The highest BCUT2D eigenvalue weighted by molar-refractivity contribution is 7.89. The van der Waals surface area contributed by atoms with Crippen molar-refractivity contribution >= 4 is 10.0 Å². The SMILES string of the molecule is COc1cc(C)c(S(=O)(=O)NCC2(N)CCC2)cc1OC. The van der Waals surface area contributed by atoms with E-state index in [0.717, 1.165) is 19.3 Å². The van der Waals surface area contributed by atoms with Crippen LogP contribution >= 0.6 is 0 Å². The summed E-state index contributed by atoms with van der Waals surface area (Å²) in [6.45, 7) is 1.97. The molecule has 1 aromatic rings. The average molecular weight is 314 g/mol. The number of methoxy groups -OCH3 is 2. The van der Waals surface area contributed by atoms with E-state index in [1.165, 1.54) is 20.3 Å². The summed E-state index contributed by atoms with van der Waals surface area (Å²) in [7, 11) is -0.639. The van der Waals surface area contributed by atoms with Gasteiger partial charge in [-0.05, 0) is 37.8 Å². The Labute approximate surface area is 125 Å². The van der Waals surface area contributed by atoms with Crippen LogP contribution in [0.5, 0.6) is 11.5 Å². The largest absolute Gasteiger partial charge is 0.493 e. The quantitative estimate of drug-likeness (QED) is 0.822. The van der Waals surface area contributed by atoms with Gasteiger partial charge in [-0.3, -0.25) is 0 Å². The van der Waals surface area contributed by atoms with Gasteiger partial charge in [0, 0.05) is 18.2 Å². The highest BCUT2D eigenvalue weighted by Crippen LogP contribution is 2.33. The number of benzene rings is 1.